The molecule has 2 amide bonds. The Morgan fingerprint density at radius 3 is 2.94 bits per heavy atom. The number of fused-ring (bicyclic) bond motifs is 1. The third-order valence-corrected chi connectivity index (χ3v) is 2.77. The molecule has 4 heteroatoms. The van der Waals surface area contributed by atoms with Gasteiger partial charge in [0.25, 0.3) is 5.91 Å². The molecule has 0 fully saturated rings. The number of rotatable bonds is 3. The standard InChI is InChI=1S/C14H16N2O2/c1-9(2)5-6-15-14(18)11-4-3-10-8-13(17)16-12(10)7-11/h3-5,7H,6,8H2,1-2H3,(H,15,18)(H,16,17). The van der Waals surface area contributed by atoms with Crippen molar-refractivity contribution in [3.05, 3.63) is 41.0 Å². The summed E-state index contributed by atoms with van der Waals surface area (Å²) in [6.45, 7) is 4.48. The zero-order chi connectivity index (χ0) is 13.1. The molecule has 1 heterocycles. The largest absolute Gasteiger partial charge is 0.349 e. The Morgan fingerprint density at radius 1 is 1.44 bits per heavy atom. The van der Waals surface area contributed by atoms with Crippen molar-refractivity contribution in [1.82, 2.24) is 5.32 Å². The van der Waals surface area contributed by atoms with E-state index in [1.165, 1.54) is 0 Å². The summed E-state index contributed by atoms with van der Waals surface area (Å²) >= 11 is 0. The average molecular weight is 244 g/mol. The maximum Gasteiger partial charge on any atom is 0.251 e. The summed E-state index contributed by atoms with van der Waals surface area (Å²) in [5, 5.41) is 5.54. The number of benzene rings is 1. The molecule has 1 aliphatic rings. The minimum atomic E-state index is -0.128. The molecule has 1 aromatic carbocycles. The maximum atomic E-state index is 11.9. The highest BCUT2D eigenvalue weighted by Gasteiger charge is 2.18. The summed E-state index contributed by atoms with van der Waals surface area (Å²) in [4.78, 5) is 23.1. The highest BCUT2D eigenvalue weighted by molar-refractivity contribution is 6.02. The average Bonchev–Trinajstić information content (AvgIpc) is 2.67. The second kappa shape index (κ2) is 5.04. The lowest BCUT2D eigenvalue weighted by atomic mass is 10.1. The summed E-state index contributed by atoms with van der Waals surface area (Å²) in [6, 6.07) is 5.29. The molecule has 18 heavy (non-hydrogen) atoms. The summed E-state index contributed by atoms with van der Waals surface area (Å²) in [5.41, 5.74) is 3.42. The van der Waals surface area contributed by atoms with Crippen molar-refractivity contribution in [2.24, 2.45) is 0 Å². The molecule has 0 unspecified atom stereocenters. The van der Waals surface area contributed by atoms with Crippen LogP contribution >= 0.6 is 0 Å². The van der Waals surface area contributed by atoms with Crippen LogP contribution in [0.2, 0.25) is 0 Å². The van der Waals surface area contributed by atoms with Crippen molar-refractivity contribution < 1.29 is 9.59 Å². The van der Waals surface area contributed by atoms with Crippen LogP contribution in [0.25, 0.3) is 0 Å². The van der Waals surface area contributed by atoms with Gasteiger partial charge in [-0.1, -0.05) is 17.7 Å². The quantitative estimate of drug-likeness (QED) is 0.797. The summed E-state index contributed by atoms with van der Waals surface area (Å²) in [7, 11) is 0. The van der Waals surface area contributed by atoms with E-state index in [4.69, 9.17) is 0 Å². The molecule has 0 bridgehead atoms. The lowest BCUT2D eigenvalue weighted by Gasteiger charge is -2.05. The molecule has 2 N–H and O–H groups in total. The van der Waals surface area contributed by atoms with Gasteiger partial charge in [0, 0.05) is 17.8 Å². The molecule has 0 spiro atoms. The summed E-state index contributed by atoms with van der Waals surface area (Å²) in [5.74, 6) is -0.149. The molecule has 1 aliphatic heterocycles. The molecule has 0 saturated carbocycles. The van der Waals surface area contributed by atoms with Crippen LogP contribution in [-0.4, -0.2) is 18.4 Å². The van der Waals surface area contributed by atoms with Crippen LogP contribution in [0.5, 0.6) is 0 Å². The Hall–Kier alpha value is -2.10. The van der Waals surface area contributed by atoms with Crippen LogP contribution < -0.4 is 10.6 Å². The van der Waals surface area contributed by atoms with E-state index in [1.54, 1.807) is 12.1 Å². The second-order valence-electron chi connectivity index (χ2n) is 4.59. The molecule has 0 aromatic heterocycles. The normalized spacial score (nSPS) is 12.7. The minimum Gasteiger partial charge on any atom is -0.349 e. The number of hydrogen-bond donors (Lipinski definition) is 2. The van der Waals surface area contributed by atoms with E-state index in [1.807, 2.05) is 26.0 Å². The lowest BCUT2D eigenvalue weighted by molar-refractivity contribution is -0.115. The van der Waals surface area contributed by atoms with E-state index in [-0.39, 0.29) is 11.8 Å². The Kier molecular flexibility index (Phi) is 3.46. The van der Waals surface area contributed by atoms with Gasteiger partial charge < -0.3 is 10.6 Å². The van der Waals surface area contributed by atoms with Gasteiger partial charge in [0.1, 0.15) is 0 Å². The van der Waals surface area contributed by atoms with Gasteiger partial charge in [-0.2, -0.15) is 0 Å². The molecule has 0 saturated heterocycles. The van der Waals surface area contributed by atoms with Gasteiger partial charge in [0.2, 0.25) is 5.91 Å². The second-order valence-corrected chi connectivity index (χ2v) is 4.59. The molecule has 0 aliphatic carbocycles. The van der Waals surface area contributed by atoms with Crippen molar-refractivity contribution in [3.8, 4) is 0 Å². The molecule has 1 aromatic rings. The predicted molar refractivity (Wildman–Crippen MR) is 70.5 cm³/mol. The van der Waals surface area contributed by atoms with Crippen LogP contribution in [-0.2, 0) is 11.2 Å². The number of amides is 2. The Labute approximate surface area is 106 Å². The number of carbonyl (C=O) groups excluding carboxylic acids is 2. The lowest BCUT2D eigenvalue weighted by Crippen LogP contribution is -2.23. The van der Waals surface area contributed by atoms with E-state index < -0.39 is 0 Å². The molecule has 4 nitrogen and oxygen atoms in total. The van der Waals surface area contributed by atoms with Gasteiger partial charge in [-0.15, -0.1) is 0 Å². The van der Waals surface area contributed by atoms with E-state index in [0.717, 1.165) is 16.8 Å². The molecule has 94 valence electrons. The van der Waals surface area contributed by atoms with Gasteiger partial charge >= 0.3 is 0 Å². The third kappa shape index (κ3) is 2.77. The van der Waals surface area contributed by atoms with Gasteiger partial charge in [0.15, 0.2) is 0 Å². The fraction of sp³-hybridized carbons (Fsp3) is 0.286. The van der Waals surface area contributed by atoms with Crippen LogP contribution in [0.1, 0.15) is 29.8 Å². The van der Waals surface area contributed by atoms with Crippen LogP contribution in [0.15, 0.2) is 29.8 Å². The zero-order valence-corrected chi connectivity index (χ0v) is 10.5. The molecular formula is C14H16N2O2. The van der Waals surface area contributed by atoms with Crippen molar-refractivity contribution in [2.45, 2.75) is 20.3 Å². The Morgan fingerprint density at radius 2 is 2.22 bits per heavy atom. The number of carbonyl (C=O) groups is 2. The van der Waals surface area contributed by atoms with Crippen LogP contribution in [0.3, 0.4) is 0 Å². The van der Waals surface area contributed by atoms with Gasteiger partial charge in [-0.25, -0.2) is 0 Å². The number of anilines is 1. The number of hydrogen-bond acceptors (Lipinski definition) is 2. The van der Waals surface area contributed by atoms with Gasteiger partial charge in [-0.3, -0.25) is 9.59 Å². The number of nitrogens with one attached hydrogen (secondary N) is 2. The topological polar surface area (TPSA) is 58.2 Å². The fourth-order valence-corrected chi connectivity index (χ4v) is 1.81. The van der Waals surface area contributed by atoms with Crippen LogP contribution in [0, 0.1) is 0 Å². The Bertz CT molecular complexity index is 529. The van der Waals surface area contributed by atoms with E-state index in [0.29, 0.717) is 18.5 Å². The summed E-state index contributed by atoms with van der Waals surface area (Å²) < 4.78 is 0. The smallest absolute Gasteiger partial charge is 0.251 e. The van der Waals surface area contributed by atoms with Gasteiger partial charge in [0.05, 0.1) is 6.42 Å². The summed E-state index contributed by atoms with van der Waals surface area (Å²) in [6.07, 6.45) is 2.35. The zero-order valence-electron chi connectivity index (χ0n) is 10.5. The van der Waals surface area contributed by atoms with Crippen molar-refractivity contribution in [2.75, 3.05) is 11.9 Å². The first kappa shape index (κ1) is 12.4. The van der Waals surface area contributed by atoms with Gasteiger partial charge in [-0.05, 0) is 31.5 Å². The fourth-order valence-electron chi connectivity index (χ4n) is 1.81. The molecule has 0 atom stereocenters. The van der Waals surface area contributed by atoms with E-state index in [9.17, 15) is 9.59 Å². The van der Waals surface area contributed by atoms with Crippen molar-refractivity contribution in [1.29, 1.82) is 0 Å². The predicted octanol–water partition coefficient (Wildman–Crippen LogP) is 1.88. The molecule has 2 rings (SSSR count). The minimum absolute atomic E-state index is 0.0212. The highest BCUT2D eigenvalue weighted by Crippen LogP contribution is 2.23. The van der Waals surface area contributed by atoms with Crippen LogP contribution in [0.4, 0.5) is 5.69 Å². The third-order valence-electron chi connectivity index (χ3n) is 2.77. The highest BCUT2D eigenvalue weighted by atomic mass is 16.2. The first-order valence-corrected chi connectivity index (χ1v) is 5.90. The molecule has 0 radical (unpaired) electrons. The maximum absolute atomic E-state index is 11.9. The Balaban J connectivity index is 2.06. The van der Waals surface area contributed by atoms with Crippen molar-refractivity contribution in [3.63, 3.8) is 0 Å². The molecular weight excluding hydrogens is 228 g/mol. The van der Waals surface area contributed by atoms with E-state index >= 15 is 0 Å². The first-order valence-electron chi connectivity index (χ1n) is 5.90. The first-order chi connectivity index (χ1) is 8.56. The SMILES string of the molecule is CC(C)=CCNC(=O)c1ccc2c(c1)NC(=O)C2. The van der Waals surface area contributed by atoms with Crippen molar-refractivity contribution >= 4 is 17.5 Å². The van der Waals surface area contributed by atoms with E-state index in [2.05, 4.69) is 10.6 Å². The number of allylic oxidation sites excluding steroid dienone is 1. The monoisotopic (exact) mass is 244 g/mol.